The van der Waals surface area contributed by atoms with E-state index >= 15 is 0 Å². The summed E-state index contributed by atoms with van der Waals surface area (Å²) in [6.07, 6.45) is 1.29. The Morgan fingerprint density at radius 3 is 2.75 bits per heavy atom. The minimum atomic E-state index is -0.734. The van der Waals surface area contributed by atoms with Gasteiger partial charge in [0.05, 0.1) is 11.5 Å². The number of carbonyl (C=O) groups excluding carboxylic acids is 1. The van der Waals surface area contributed by atoms with Gasteiger partial charge in [0, 0.05) is 5.56 Å². The Labute approximate surface area is 92.9 Å². The van der Waals surface area contributed by atoms with E-state index in [4.69, 9.17) is 5.26 Å². The third-order valence-corrected chi connectivity index (χ3v) is 2.90. The second kappa shape index (κ2) is 3.93. The largest absolute Gasteiger partial charge is 0.342 e. The molecule has 16 heavy (non-hydrogen) atoms. The zero-order valence-corrected chi connectivity index (χ0v) is 8.66. The van der Waals surface area contributed by atoms with Gasteiger partial charge in [-0.15, -0.1) is 0 Å². The van der Waals surface area contributed by atoms with E-state index in [9.17, 15) is 9.18 Å². The minimum Gasteiger partial charge on any atom is -0.342 e. The second-order valence-electron chi connectivity index (χ2n) is 3.90. The van der Waals surface area contributed by atoms with Crippen LogP contribution in [0.15, 0.2) is 24.3 Å². The van der Waals surface area contributed by atoms with Gasteiger partial charge < -0.3 is 5.32 Å². The second-order valence-corrected chi connectivity index (χ2v) is 3.90. The standard InChI is InChI=1S/C12H11FN2O/c13-10-4-2-1-3-9(10)12(5-6-12)11(16)15-8-7-14/h1-4H,5-6,8H2,(H,15,16). The molecule has 1 fully saturated rings. The summed E-state index contributed by atoms with van der Waals surface area (Å²) in [4.78, 5) is 11.8. The first-order valence-electron chi connectivity index (χ1n) is 5.11. The maximum absolute atomic E-state index is 13.6. The van der Waals surface area contributed by atoms with Crippen molar-refractivity contribution < 1.29 is 9.18 Å². The fourth-order valence-corrected chi connectivity index (χ4v) is 1.88. The summed E-state index contributed by atoms with van der Waals surface area (Å²) in [5.41, 5.74) is -0.298. The van der Waals surface area contributed by atoms with Crippen LogP contribution in [0.2, 0.25) is 0 Å². The molecule has 0 aliphatic heterocycles. The lowest BCUT2D eigenvalue weighted by molar-refractivity contribution is -0.123. The van der Waals surface area contributed by atoms with Gasteiger partial charge in [0.15, 0.2) is 0 Å². The summed E-state index contributed by atoms with van der Waals surface area (Å²) < 4.78 is 13.6. The smallest absolute Gasteiger partial charge is 0.231 e. The van der Waals surface area contributed by atoms with Gasteiger partial charge in [-0.2, -0.15) is 5.26 Å². The molecule has 0 atom stereocenters. The van der Waals surface area contributed by atoms with Crippen LogP contribution in [0.25, 0.3) is 0 Å². The number of benzene rings is 1. The number of carbonyl (C=O) groups is 1. The van der Waals surface area contributed by atoms with Gasteiger partial charge in [0.2, 0.25) is 5.91 Å². The molecule has 0 bridgehead atoms. The average molecular weight is 218 g/mol. The van der Waals surface area contributed by atoms with Crippen LogP contribution in [0.1, 0.15) is 18.4 Å². The number of amides is 1. The lowest BCUT2D eigenvalue weighted by Gasteiger charge is -2.14. The molecule has 0 radical (unpaired) electrons. The molecule has 0 spiro atoms. The first-order chi connectivity index (χ1) is 7.70. The third-order valence-electron chi connectivity index (χ3n) is 2.90. The van der Waals surface area contributed by atoms with E-state index in [2.05, 4.69) is 5.32 Å². The maximum atomic E-state index is 13.6. The number of nitrogens with one attached hydrogen (secondary N) is 1. The zero-order valence-electron chi connectivity index (χ0n) is 8.66. The predicted molar refractivity (Wildman–Crippen MR) is 55.9 cm³/mol. The van der Waals surface area contributed by atoms with E-state index in [1.165, 1.54) is 6.07 Å². The van der Waals surface area contributed by atoms with Crippen molar-refractivity contribution in [2.45, 2.75) is 18.3 Å². The molecule has 3 nitrogen and oxygen atoms in total. The summed E-state index contributed by atoms with van der Waals surface area (Å²) in [7, 11) is 0. The van der Waals surface area contributed by atoms with Crippen LogP contribution < -0.4 is 5.32 Å². The molecule has 0 aromatic heterocycles. The number of rotatable bonds is 3. The van der Waals surface area contributed by atoms with E-state index in [1.807, 2.05) is 6.07 Å². The minimum absolute atomic E-state index is 0.0327. The van der Waals surface area contributed by atoms with Gasteiger partial charge in [-0.3, -0.25) is 4.79 Å². The first-order valence-corrected chi connectivity index (χ1v) is 5.11. The zero-order chi connectivity index (χ0) is 11.6. The Balaban J connectivity index is 2.24. The van der Waals surface area contributed by atoms with Crippen LogP contribution in [0.5, 0.6) is 0 Å². The van der Waals surface area contributed by atoms with Crippen molar-refractivity contribution in [2.75, 3.05) is 6.54 Å². The van der Waals surface area contributed by atoms with Gasteiger partial charge in [-0.25, -0.2) is 4.39 Å². The monoisotopic (exact) mass is 218 g/mol. The molecule has 2 rings (SSSR count). The van der Waals surface area contributed by atoms with Crippen molar-refractivity contribution in [2.24, 2.45) is 0 Å². The molecule has 1 saturated carbocycles. The Kier molecular flexibility index (Phi) is 2.61. The highest BCUT2D eigenvalue weighted by molar-refractivity contribution is 5.91. The Hall–Kier alpha value is -1.89. The first kappa shape index (κ1) is 10.6. The Morgan fingerprint density at radius 1 is 1.50 bits per heavy atom. The summed E-state index contributed by atoms with van der Waals surface area (Å²) in [6.45, 7) is -0.0327. The molecule has 1 N–H and O–H groups in total. The molecule has 0 unspecified atom stereocenters. The average Bonchev–Trinajstić information content (AvgIpc) is 3.08. The van der Waals surface area contributed by atoms with Crippen LogP contribution in [-0.2, 0) is 10.2 Å². The fraction of sp³-hybridized carbons (Fsp3) is 0.333. The van der Waals surface area contributed by atoms with Crippen molar-refractivity contribution in [1.82, 2.24) is 5.32 Å². The fourth-order valence-electron chi connectivity index (χ4n) is 1.88. The molecule has 1 aromatic rings. The van der Waals surface area contributed by atoms with Gasteiger partial charge in [0.25, 0.3) is 0 Å². The highest BCUT2D eigenvalue weighted by Crippen LogP contribution is 2.49. The highest BCUT2D eigenvalue weighted by Gasteiger charge is 2.52. The van der Waals surface area contributed by atoms with E-state index < -0.39 is 5.41 Å². The normalized spacial score (nSPS) is 16.2. The topological polar surface area (TPSA) is 52.9 Å². The van der Waals surface area contributed by atoms with Gasteiger partial charge in [0.1, 0.15) is 12.4 Å². The number of hydrogen-bond donors (Lipinski definition) is 1. The summed E-state index contributed by atoms with van der Waals surface area (Å²) in [6, 6.07) is 8.14. The summed E-state index contributed by atoms with van der Waals surface area (Å²) in [5.74, 6) is -0.605. The van der Waals surface area contributed by atoms with Crippen LogP contribution in [0, 0.1) is 17.1 Å². The van der Waals surface area contributed by atoms with Crippen molar-refractivity contribution >= 4 is 5.91 Å². The molecule has 0 heterocycles. The van der Waals surface area contributed by atoms with Crippen molar-refractivity contribution in [1.29, 1.82) is 5.26 Å². The highest BCUT2D eigenvalue weighted by atomic mass is 19.1. The molecule has 82 valence electrons. The van der Waals surface area contributed by atoms with Crippen molar-refractivity contribution in [3.8, 4) is 6.07 Å². The van der Waals surface area contributed by atoms with Crippen LogP contribution in [0.4, 0.5) is 4.39 Å². The maximum Gasteiger partial charge on any atom is 0.231 e. The van der Waals surface area contributed by atoms with Gasteiger partial charge in [-0.05, 0) is 18.9 Å². The van der Waals surface area contributed by atoms with Crippen molar-refractivity contribution in [3.05, 3.63) is 35.6 Å². The molecular formula is C12H11FN2O. The molecule has 0 saturated heterocycles. The van der Waals surface area contributed by atoms with Crippen LogP contribution in [-0.4, -0.2) is 12.5 Å². The summed E-state index contributed by atoms with van der Waals surface area (Å²) in [5, 5.41) is 10.9. The number of nitrogens with zero attached hydrogens (tertiary/aromatic N) is 1. The predicted octanol–water partition coefficient (Wildman–Crippen LogP) is 1.50. The quantitative estimate of drug-likeness (QED) is 0.781. The van der Waals surface area contributed by atoms with Crippen LogP contribution >= 0.6 is 0 Å². The molecule has 1 amide bonds. The van der Waals surface area contributed by atoms with E-state index in [-0.39, 0.29) is 18.3 Å². The lowest BCUT2D eigenvalue weighted by Crippen LogP contribution is -2.35. The number of nitriles is 1. The SMILES string of the molecule is N#CCNC(=O)C1(c2ccccc2F)CC1. The van der Waals surface area contributed by atoms with Gasteiger partial charge >= 0.3 is 0 Å². The molecule has 1 aliphatic rings. The lowest BCUT2D eigenvalue weighted by atomic mass is 9.94. The van der Waals surface area contributed by atoms with Crippen LogP contribution in [0.3, 0.4) is 0 Å². The van der Waals surface area contributed by atoms with E-state index in [0.717, 1.165) is 0 Å². The summed E-state index contributed by atoms with van der Waals surface area (Å²) >= 11 is 0. The van der Waals surface area contributed by atoms with Crippen molar-refractivity contribution in [3.63, 3.8) is 0 Å². The Bertz CT molecular complexity index is 460. The molecule has 1 aliphatic carbocycles. The Morgan fingerprint density at radius 2 is 2.19 bits per heavy atom. The number of hydrogen-bond acceptors (Lipinski definition) is 2. The van der Waals surface area contributed by atoms with E-state index in [1.54, 1.807) is 18.2 Å². The third kappa shape index (κ3) is 1.65. The molecule has 4 heteroatoms. The van der Waals surface area contributed by atoms with Gasteiger partial charge in [-0.1, -0.05) is 18.2 Å². The van der Waals surface area contributed by atoms with E-state index in [0.29, 0.717) is 18.4 Å². The molecule has 1 aromatic carbocycles. The number of halogens is 1. The molecular weight excluding hydrogens is 207 g/mol.